The summed E-state index contributed by atoms with van der Waals surface area (Å²) in [5.74, 6) is -0.00939. The average Bonchev–Trinajstić information content (AvgIpc) is 2.34. The van der Waals surface area contributed by atoms with E-state index in [1.165, 1.54) is 18.2 Å². The second-order valence-corrected chi connectivity index (χ2v) is 5.29. The summed E-state index contributed by atoms with van der Waals surface area (Å²) in [6.07, 6.45) is 0. The number of carbonyl (C=O) groups excluding carboxylic acids is 1. The third-order valence-electron chi connectivity index (χ3n) is 2.84. The molecule has 0 aromatic heterocycles. The van der Waals surface area contributed by atoms with Crippen molar-refractivity contribution in [1.82, 2.24) is 5.32 Å². The lowest BCUT2D eigenvalue weighted by molar-refractivity contribution is -0.385. The molecule has 6 heteroatoms. The van der Waals surface area contributed by atoms with E-state index in [0.717, 1.165) is 0 Å². The third-order valence-corrected chi connectivity index (χ3v) is 3.49. The predicted molar refractivity (Wildman–Crippen MR) is 74.6 cm³/mol. The Morgan fingerprint density at radius 2 is 2.11 bits per heavy atom. The van der Waals surface area contributed by atoms with Gasteiger partial charge in [0.05, 0.1) is 10.3 Å². The van der Waals surface area contributed by atoms with Gasteiger partial charge in [-0.3, -0.25) is 14.9 Å². The minimum absolute atomic E-state index is 0.00829. The number of benzene rings is 1. The van der Waals surface area contributed by atoms with Gasteiger partial charge in [0.2, 0.25) is 0 Å². The van der Waals surface area contributed by atoms with Crippen LogP contribution < -0.4 is 5.32 Å². The molecule has 0 heterocycles. The summed E-state index contributed by atoms with van der Waals surface area (Å²) >= 11 is 6.04. The standard InChI is InChI=1S/C13H17ClN2O3/c1-8(2)11(14)7-15-13(17)10-4-5-12(16(18)19)9(3)6-10/h4-6,8,11H,7H2,1-3H3,(H,15,17). The van der Waals surface area contributed by atoms with Gasteiger partial charge in [0.25, 0.3) is 11.6 Å². The highest BCUT2D eigenvalue weighted by atomic mass is 35.5. The Labute approximate surface area is 117 Å². The van der Waals surface area contributed by atoms with Gasteiger partial charge < -0.3 is 5.32 Å². The molecular formula is C13H17ClN2O3. The molecule has 0 radical (unpaired) electrons. The van der Waals surface area contributed by atoms with Crippen LogP contribution >= 0.6 is 11.6 Å². The van der Waals surface area contributed by atoms with Crippen LogP contribution in [0.2, 0.25) is 0 Å². The van der Waals surface area contributed by atoms with E-state index in [1.807, 2.05) is 13.8 Å². The lowest BCUT2D eigenvalue weighted by Crippen LogP contribution is -2.32. The maximum absolute atomic E-state index is 11.9. The lowest BCUT2D eigenvalue weighted by atomic mass is 10.1. The molecule has 1 atom stereocenters. The fraction of sp³-hybridized carbons (Fsp3) is 0.462. The molecule has 0 aliphatic heterocycles. The first kappa shape index (κ1) is 15.4. The number of nitrogens with zero attached hydrogens (tertiary/aromatic N) is 1. The number of nitro benzene ring substituents is 1. The molecule has 0 aliphatic rings. The Morgan fingerprint density at radius 1 is 1.47 bits per heavy atom. The van der Waals surface area contributed by atoms with Crippen molar-refractivity contribution in [2.75, 3.05) is 6.54 Å². The zero-order chi connectivity index (χ0) is 14.6. The van der Waals surface area contributed by atoms with E-state index in [9.17, 15) is 14.9 Å². The number of aryl methyl sites for hydroxylation is 1. The summed E-state index contributed by atoms with van der Waals surface area (Å²) in [4.78, 5) is 22.1. The predicted octanol–water partition coefficient (Wildman–Crippen LogP) is 2.90. The highest BCUT2D eigenvalue weighted by molar-refractivity contribution is 6.21. The van der Waals surface area contributed by atoms with Crippen LogP contribution in [0.5, 0.6) is 0 Å². The van der Waals surface area contributed by atoms with E-state index >= 15 is 0 Å². The van der Waals surface area contributed by atoms with E-state index in [4.69, 9.17) is 11.6 Å². The van der Waals surface area contributed by atoms with Gasteiger partial charge in [-0.25, -0.2) is 0 Å². The van der Waals surface area contributed by atoms with Crippen LogP contribution in [0.4, 0.5) is 5.69 Å². The summed E-state index contributed by atoms with van der Waals surface area (Å²) in [5.41, 5.74) is 0.869. The van der Waals surface area contributed by atoms with Crippen molar-refractivity contribution >= 4 is 23.2 Å². The van der Waals surface area contributed by atoms with Gasteiger partial charge in [-0.15, -0.1) is 11.6 Å². The van der Waals surface area contributed by atoms with Gasteiger partial charge in [0.15, 0.2) is 0 Å². The smallest absolute Gasteiger partial charge is 0.272 e. The first-order chi connectivity index (χ1) is 8.82. The van der Waals surface area contributed by atoms with E-state index in [1.54, 1.807) is 6.92 Å². The second kappa shape index (κ2) is 6.52. The van der Waals surface area contributed by atoms with Crippen molar-refractivity contribution in [3.63, 3.8) is 0 Å². The first-order valence-corrected chi connectivity index (χ1v) is 6.44. The molecule has 0 aliphatic carbocycles. The molecule has 1 aromatic rings. The quantitative estimate of drug-likeness (QED) is 0.513. The number of carbonyl (C=O) groups is 1. The number of rotatable bonds is 5. The maximum atomic E-state index is 11.9. The molecule has 0 spiro atoms. The summed E-state index contributed by atoms with van der Waals surface area (Å²) in [6, 6.07) is 4.29. The summed E-state index contributed by atoms with van der Waals surface area (Å²) in [7, 11) is 0. The van der Waals surface area contributed by atoms with Crippen LogP contribution in [-0.2, 0) is 0 Å². The number of hydrogen-bond donors (Lipinski definition) is 1. The van der Waals surface area contributed by atoms with Gasteiger partial charge in [-0.1, -0.05) is 13.8 Å². The molecule has 104 valence electrons. The average molecular weight is 285 g/mol. The van der Waals surface area contributed by atoms with Crippen LogP contribution in [0.1, 0.15) is 29.8 Å². The molecule has 1 amide bonds. The molecule has 0 bridgehead atoms. The Balaban J connectivity index is 2.73. The van der Waals surface area contributed by atoms with Gasteiger partial charge in [-0.05, 0) is 25.0 Å². The van der Waals surface area contributed by atoms with Gasteiger partial charge in [-0.2, -0.15) is 0 Å². The van der Waals surface area contributed by atoms with Crippen LogP contribution in [0.3, 0.4) is 0 Å². The molecule has 19 heavy (non-hydrogen) atoms. The fourth-order valence-corrected chi connectivity index (χ4v) is 1.61. The summed E-state index contributed by atoms with van der Waals surface area (Å²) < 4.78 is 0. The lowest BCUT2D eigenvalue weighted by Gasteiger charge is -2.14. The molecule has 1 N–H and O–H groups in total. The van der Waals surface area contributed by atoms with Gasteiger partial charge >= 0.3 is 0 Å². The number of nitro groups is 1. The fourth-order valence-electron chi connectivity index (χ4n) is 1.53. The van der Waals surface area contributed by atoms with Crippen molar-refractivity contribution in [3.8, 4) is 0 Å². The Bertz CT molecular complexity index is 489. The monoisotopic (exact) mass is 284 g/mol. The topological polar surface area (TPSA) is 72.2 Å². The van der Waals surface area contributed by atoms with Crippen molar-refractivity contribution in [1.29, 1.82) is 0 Å². The number of alkyl halides is 1. The molecule has 5 nitrogen and oxygen atoms in total. The maximum Gasteiger partial charge on any atom is 0.272 e. The number of nitrogens with one attached hydrogen (secondary N) is 1. The first-order valence-electron chi connectivity index (χ1n) is 6.00. The normalized spacial score (nSPS) is 12.3. The number of halogens is 1. The largest absolute Gasteiger partial charge is 0.351 e. The van der Waals surface area contributed by atoms with Crippen molar-refractivity contribution < 1.29 is 9.72 Å². The molecule has 0 saturated heterocycles. The Morgan fingerprint density at radius 3 is 2.58 bits per heavy atom. The number of hydrogen-bond acceptors (Lipinski definition) is 3. The second-order valence-electron chi connectivity index (χ2n) is 4.73. The van der Waals surface area contributed by atoms with E-state index in [0.29, 0.717) is 17.7 Å². The molecular weight excluding hydrogens is 268 g/mol. The minimum Gasteiger partial charge on any atom is -0.351 e. The summed E-state index contributed by atoms with van der Waals surface area (Å²) in [5, 5.41) is 13.3. The van der Waals surface area contributed by atoms with Crippen molar-refractivity contribution in [3.05, 3.63) is 39.4 Å². The third kappa shape index (κ3) is 4.21. The van der Waals surface area contributed by atoms with Crippen LogP contribution in [0.25, 0.3) is 0 Å². The van der Waals surface area contributed by atoms with Crippen LogP contribution in [-0.4, -0.2) is 22.8 Å². The van der Waals surface area contributed by atoms with E-state index in [-0.39, 0.29) is 22.9 Å². The van der Waals surface area contributed by atoms with Crippen LogP contribution in [0, 0.1) is 23.0 Å². The van der Waals surface area contributed by atoms with Gasteiger partial charge in [0.1, 0.15) is 0 Å². The van der Waals surface area contributed by atoms with E-state index < -0.39 is 4.92 Å². The van der Waals surface area contributed by atoms with Crippen molar-refractivity contribution in [2.45, 2.75) is 26.1 Å². The molecule has 1 unspecified atom stereocenters. The zero-order valence-electron chi connectivity index (χ0n) is 11.1. The highest BCUT2D eigenvalue weighted by Crippen LogP contribution is 2.18. The van der Waals surface area contributed by atoms with Crippen molar-refractivity contribution in [2.24, 2.45) is 5.92 Å². The highest BCUT2D eigenvalue weighted by Gasteiger charge is 2.15. The SMILES string of the molecule is Cc1cc(C(=O)NCC(Cl)C(C)C)ccc1[N+](=O)[O-]. The summed E-state index contributed by atoms with van der Waals surface area (Å²) in [6.45, 7) is 5.92. The molecule has 0 saturated carbocycles. The zero-order valence-corrected chi connectivity index (χ0v) is 11.9. The Hall–Kier alpha value is -1.62. The van der Waals surface area contributed by atoms with E-state index in [2.05, 4.69) is 5.32 Å². The minimum atomic E-state index is -0.468. The van der Waals surface area contributed by atoms with Crippen LogP contribution in [0.15, 0.2) is 18.2 Å². The molecule has 0 fully saturated rings. The number of amides is 1. The van der Waals surface area contributed by atoms with Gasteiger partial charge in [0, 0.05) is 23.7 Å². The molecule has 1 aromatic carbocycles. The Kier molecular flexibility index (Phi) is 5.30. The molecule has 1 rings (SSSR count).